The van der Waals surface area contributed by atoms with Crippen LogP contribution in [0.25, 0.3) is 0 Å². The largest absolute Gasteiger partial charge is 0.421 e. The first kappa shape index (κ1) is 18.7. The molecule has 0 bridgehead atoms. The number of nitrogens with zero attached hydrogens (tertiary/aromatic N) is 3. The summed E-state index contributed by atoms with van der Waals surface area (Å²) in [7, 11) is 0. The summed E-state index contributed by atoms with van der Waals surface area (Å²) in [6, 6.07) is 15.0. The lowest BCUT2D eigenvalue weighted by atomic mass is 10.2. The van der Waals surface area contributed by atoms with Crippen molar-refractivity contribution >= 4 is 39.1 Å². The van der Waals surface area contributed by atoms with E-state index in [4.69, 9.17) is 5.26 Å². The van der Waals surface area contributed by atoms with Crippen LogP contribution >= 0.6 is 15.9 Å². The Labute approximate surface area is 161 Å². The molecule has 2 aromatic carbocycles. The zero-order valence-corrected chi connectivity index (χ0v) is 15.1. The molecule has 3 aromatic rings. The molecule has 0 fully saturated rings. The minimum atomic E-state index is -4.63. The van der Waals surface area contributed by atoms with E-state index in [1.165, 1.54) is 6.07 Å². The topological polar surface area (TPSA) is 73.6 Å². The normalized spacial score (nSPS) is 10.9. The Kier molecular flexibility index (Phi) is 5.28. The van der Waals surface area contributed by atoms with Gasteiger partial charge < -0.3 is 10.6 Å². The summed E-state index contributed by atoms with van der Waals surface area (Å²) in [5.74, 6) is -0.406. The molecular formula is C18H11BrF3N5. The molecule has 0 atom stereocenters. The van der Waals surface area contributed by atoms with Crippen molar-refractivity contribution in [3.63, 3.8) is 0 Å². The van der Waals surface area contributed by atoms with E-state index in [2.05, 4.69) is 36.5 Å². The smallest absolute Gasteiger partial charge is 0.340 e. The van der Waals surface area contributed by atoms with Crippen molar-refractivity contribution in [3.05, 3.63) is 70.3 Å². The fourth-order valence-electron chi connectivity index (χ4n) is 2.21. The van der Waals surface area contributed by atoms with Crippen LogP contribution in [-0.2, 0) is 6.18 Å². The molecule has 1 aromatic heterocycles. The molecule has 0 unspecified atom stereocenters. The zero-order valence-electron chi connectivity index (χ0n) is 13.5. The lowest BCUT2D eigenvalue weighted by Crippen LogP contribution is -2.12. The lowest BCUT2D eigenvalue weighted by molar-refractivity contribution is -0.137. The average Bonchev–Trinajstić information content (AvgIpc) is 2.63. The molecule has 0 saturated heterocycles. The maximum atomic E-state index is 13.3. The molecule has 0 amide bonds. The molecule has 136 valence electrons. The van der Waals surface area contributed by atoms with Crippen LogP contribution < -0.4 is 10.6 Å². The third-order valence-electron chi connectivity index (χ3n) is 3.45. The fourth-order valence-corrected chi connectivity index (χ4v) is 2.47. The van der Waals surface area contributed by atoms with Crippen molar-refractivity contribution in [2.45, 2.75) is 6.18 Å². The summed E-state index contributed by atoms with van der Waals surface area (Å²) in [5, 5.41) is 14.4. The molecule has 3 rings (SSSR count). The minimum Gasteiger partial charge on any atom is -0.340 e. The van der Waals surface area contributed by atoms with Gasteiger partial charge in [-0.2, -0.15) is 23.4 Å². The molecule has 5 nitrogen and oxygen atoms in total. The van der Waals surface area contributed by atoms with Gasteiger partial charge in [0.25, 0.3) is 0 Å². The predicted octanol–water partition coefficient (Wildman–Crippen LogP) is 5.62. The van der Waals surface area contributed by atoms with E-state index < -0.39 is 17.6 Å². The molecule has 0 radical (unpaired) electrons. The van der Waals surface area contributed by atoms with E-state index in [1.807, 2.05) is 6.07 Å². The van der Waals surface area contributed by atoms with E-state index in [0.29, 0.717) is 23.1 Å². The Bertz CT molecular complexity index is 997. The Balaban J connectivity index is 1.95. The molecule has 1 heterocycles. The summed E-state index contributed by atoms with van der Waals surface area (Å²) in [6.07, 6.45) is -3.92. The highest BCUT2D eigenvalue weighted by atomic mass is 79.9. The number of aromatic nitrogens is 2. The number of nitrogens with one attached hydrogen (secondary N) is 2. The highest BCUT2D eigenvalue weighted by Gasteiger charge is 2.35. The first-order chi connectivity index (χ1) is 12.8. The van der Waals surface area contributed by atoms with Gasteiger partial charge in [-0.1, -0.05) is 22.0 Å². The number of anilines is 4. The number of nitriles is 1. The van der Waals surface area contributed by atoms with Crippen molar-refractivity contribution in [2.24, 2.45) is 0 Å². The van der Waals surface area contributed by atoms with Crippen LogP contribution in [0.5, 0.6) is 0 Å². The Morgan fingerprint density at radius 1 is 1.00 bits per heavy atom. The molecule has 0 saturated carbocycles. The van der Waals surface area contributed by atoms with E-state index in [1.54, 1.807) is 42.5 Å². The number of alkyl halides is 3. The van der Waals surface area contributed by atoms with Gasteiger partial charge in [-0.05, 0) is 42.5 Å². The van der Waals surface area contributed by atoms with Crippen molar-refractivity contribution in [1.82, 2.24) is 9.97 Å². The monoisotopic (exact) mass is 433 g/mol. The predicted molar refractivity (Wildman–Crippen MR) is 98.9 cm³/mol. The minimum absolute atomic E-state index is 0.00394. The molecule has 9 heteroatoms. The number of hydrogen-bond acceptors (Lipinski definition) is 5. The van der Waals surface area contributed by atoms with Crippen LogP contribution in [0, 0.1) is 11.3 Å². The maximum Gasteiger partial charge on any atom is 0.421 e. The summed E-state index contributed by atoms with van der Waals surface area (Å²) < 4.78 is 40.8. The van der Waals surface area contributed by atoms with Crippen LogP contribution in [0.15, 0.2) is 59.2 Å². The van der Waals surface area contributed by atoms with Gasteiger partial charge in [0.15, 0.2) is 0 Å². The number of benzene rings is 2. The zero-order chi connectivity index (χ0) is 19.4. The van der Waals surface area contributed by atoms with Crippen molar-refractivity contribution in [1.29, 1.82) is 5.26 Å². The first-order valence-electron chi connectivity index (χ1n) is 7.59. The third-order valence-corrected chi connectivity index (χ3v) is 3.98. The number of hydrogen-bond donors (Lipinski definition) is 2. The second-order valence-corrected chi connectivity index (χ2v) is 6.32. The van der Waals surface area contributed by atoms with Crippen LogP contribution in [0.1, 0.15) is 11.1 Å². The summed E-state index contributed by atoms with van der Waals surface area (Å²) in [6.45, 7) is 0. The molecule has 27 heavy (non-hydrogen) atoms. The molecule has 0 aliphatic heterocycles. The van der Waals surface area contributed by atoms with E-state index in [-0.39, 0.29) is 5.95 Å². The van der Waals surface area contributed by atoms with Crippen molar-refractivity contribution in [2.75, 3.05) is 10.6 Å². The second kappa shape index (κ2) is 7.63. The van der Waals surface area contributed by atoms with Crippen LogP contribution in [0.2, 0.25) is 0 Å². The van der Waals surface area contributed by atoms with Crippen LogP contribution in [0.4, 0.5) is 36.3 Å². The maximum absolute atomic E-state index is 13.3. The average molecular weight is 434 g/mol. The van der Waals surface area contributed by atoms with Gasteiger partial charge in [-0.15, -0.1) is 0 Å². The Hall–Kier alpha value is -3.12. The van der Waals surface area contributed by atoms with E-state index >= 15 is 0 Å². The first-order valence-corrected chi connectivity index (χ1v) is 8.38. The Morgan fingerprint density at radius 2 is 1.74 bits per heavy atom. The highest BCUT2D eigenvalue weighted by molar-refractivity contribution is 9.10. The SMILES string of the molecule is N#Cc1cccc(Nc2nc(Nc3ccc(Br)cc3)ncc2C(F)(F)F)c1. The number of halogens is 4. The molecule has 0 spiro atoms. The Morgan fingerprint density at radius 3 is 2.41 bits per heavy atom. The fraction of sp³-hybridized carbons (Fsp3) is 0.0556. The molecule has 0 aliphatic rings. The summed E-state index contributed by atoms with van der Waals surface area (Å²) in [4.78, 5) is 7.71. The second-order valence-electron chi connectivity index (χ2n) is 5.40. The van der Waals surface area contributed by atoms with Crippen molar-refractivity contribution < 1.29 is 13.2 Å². The van der Waals surface area contributed by atoms with Crippen LogP contribution in [0.3, 0.4) is 0 Å². The summed E-state index contributed by atoms with van der Waals surface area (Å²) in [5.41, 5.74) is 0.241. The van der Waals surface area contributed by atoms with Crippen molar-refractivity contribution in [3.8, 4) is 6.07 Å². The summed E-state index contributed by atoms with van der Waals surface area (Å²) >= 11 is 3.31. The molecule has 2 N–H and O–H groups in total. The van der Waals surface area contributed by atoms with E-state index in [0.717, 1.165) is 4.47 Å². The van der Waals surface area contributed by atoms with Gasteiger partial charge in [0.05, 0.1) is 11.6 Å². The molecular weight excluding hydrogens is 423 g/mol. The van der Waals surface area contributed by atoms with Gasteiger partial charge in [-0.25, -0.2) is 4.98 Å². The lowest BCUT2D eigenvalue weighted by Gasteiger charge is -2.15. The van der Waals surface area contributed by atoms with Crippen LogP contribution in [-0.4, -0.2) is 9.97 Å². The standard InChI is InChI=1S/C18H11BrF3N5/c19-12-4-6-13(7-5-12)26-17-24-10-15(18(20,21)22)16(27-17)25-14-3-1-2-11(8-14)9-23/h1-8,10H,(H2,24,25,26,27). The van der Waals surface area contributed by atoms with Gasteiger partial charge >= 0.3 is 6.18 Å². The van der Waals surface area contributed by atoms with Gasteiger partial charge in [0, 0.05) is 22.0 Å². The quantitative estimate of drug-likeness (QED) is 0.558. The third kappa shape index (κ3) is 4.74. The van der Waals surface area contributed by atoms with Gasteiger partial charge in [-0.3, -0.25) is 0 Å². The van der Waals surface area contributed by atoms with Gasteiger partial charge in [0.2, 0.25) is 5.95 Å². The molecule has 0 aliphatic carbocycles. The highest BCUT2D eigenvalue weighted by Crippen LogP contribution is 2.35. The van der Waals surface area contributed by atoms with Gasteiger partial charge in [0.1, 0.15) is 11.4 Å². The number of rotatable bonds is 4. The van der Waals surface area contributed by atoms with E-state index in [9.17, 15) is 13.2 Å².